The van der Waals surface area contributed by atoms with Gasteiger partial charge in [-0.2, -0.15) is 0 Å². The van der Waals surface area contributed by atoms with E-state index >= 15 is 0 Å². The van der Waals surface area contributed by atoms with Crippen LogP contribution in [0.3, 0.4) is 0 Å². The molecule has 0 atom stereocenters. The lowest BCUT2D eigenvalue weighted by molar-refractivity contribution is -0.114. The van der Waals surface area contributed by atoms with Crippen molar-refractivity contribution in [2.45, 2.75) is 12.8 Å². The highest BCUT2D eigenvalue weighted by Gasteiger charge is 2.24. The fourth-order valence-electron chi connectivity index (χ4n) is 1.27. The molecule has 3 nitrogen and oxygen atoms in total. The molecule has 70 valence electrons. The SMILES string of the molecule is C=CCNC(=C)C1=C(O)CCC1=O. The Bertz CT molecular complexity index is 289. The van der Waals surface area contributed by atoms with Crippen molar-refractivity contribution in [1.29, 1.82) is 0 Å². The lowest BCUT2D eigenvalue weighted by Crippen LogP contribution is -2.16. The summed E-state index contributed by atoms with van der Waals surface area (Å²) in [4.78, 5) is 11.2. The summed E-state index contributed by atoms with van der Waals surface area (Å²) in [6, 6.07) is 0. The van der Waals surface area contributed by atoms with Gasteiger partial charge in [-0.3, -0.25) is 4.79 Å². The molecular weight excluding hydrogens is 166 g/mol. The number of aliphatic hydroxyl groups is 1. The Balaban J connectivity index is 2.70. The monoisotopic (exact) mass is 179 g/mol. The van der Waals surface area contributed by atoms with E-state index in [4.69, 9.17) is 0 Å². The van der Waals surface area contributed by atoms with E-state index in [1.54, 1.807) is 6.08 Å². The molecule has 0 heterocycles. The predicted octanol–water partition coefficient (Wildman–Crippen LogP) is 1.45. The first-order valence-electron chi connectivity index (χ1n) is 4.16. The van der Waals surface area contributed by atoms with Crippen molar-refractivity contribution in [2.75, 3.05) is 6.54 Å². The molecule has 3 heteroatoms. The molecule has 0 aliphatic heterocycles. The maximum Gasteiger partial charge on any atom is 0.168 e. The Morgan fingerprint density at radius 2 is 2.31 bits per heavy atom. The van der Waals surface area contributed by atoms with E-state index in [-0.39, 0.29) is 11.5 Å². The molecule has 0 fully saturated rings. The van der Waals surface area contributed by atoms with Gasteiger partial charge in [0.25, 0.3) is 0 Å². The molecule has 1 aliphatic rings. The van der Waals surface area contributed by atoms with E-state index < -0.39 is 0 Å². The number of rotatable bonds is 4. The fourth-order valence-corrected chi connectivity index (χ4v) is 1.27. The minimum absolute atomic E-state index is 0.0425. The highest BCUT2D eigenvalue weighted by molar-refractivity contribution is 6.01. The van der Waals surface area contributed by atoms with Crippen LogP contribution in [0.4, 0.5) is 0 Å². The van der Waals surface area contributed by atoms with Crippen LogP contribution in [0.5, 0.6) is 0 Å². The molecule has 1 rings (SSSR count). The topological polar surface area (TPSA) is 49.3 Å². The summed E-state index contributed by atoms with van der Waals surface area (Å²) in [5.74, 6) is 0.102. The summed E-state index contributed by atoms with van der Waals surface area (Å²) in [6.07, 6.45) is 2.49. The van der Waals surface area contributed by atoms with Gasteiger partial charge in [-0.05, 0) is 0 Å². The predicted molar refractivity (Wildman–Crippen MR) is 51.2 cm³/mol. The van der Waals surface area contributed by atoms with E-state index in [1.807, 2.05) is 0 Å². The maximum absolute atomic E-state index is 11.2. The molecule has 0 bridgehead atoms. The van der Waals surface area contributed by atoms with Crippen molar-refractivity contribution in [2.24, 2.45) is 0 Å². The largest absolute Gasteiger partial charge is 0.511 e. The zero-order valence-electron chi connectivity index (χ0n) is 7.47. The minimum Gasteiger partial charge on any atom is -0.511 e. The summed E-state index contributed by atoms with van der Waals surface area (Å²) >= 11 is 0. The van der Waals surface area contributed by atoms with Crippen LogP contribution in [0.25, 0.3) is 0 Å². The number of nitrogens with one attached hydrogen (secondary N) is 1. The van der Waals surface area contributed by atoms with Gasteiger partial charge in [0, 0.05) is 25.1 Å². The minimum atomic E-state index is -0.0425. The van der Waals surface area contributed by atoms with Crippen LogP contribution in [0.1, 0.15) is 12.8 Å². The number of hydrogen-bond acceptors (Lipinski definition) is 3. The number of carbonyl (C=O) groups is 1. The smallest absolute Gasteiger partial charge is 0.168 e. The van der Waals surface area contributed by atoms with Gasteiger partial charge in [-0.15, -0.1) is 6.58 Å². The third-order valence-electron chi connectivity index (χ3n) is 1.92. The molecule has 0 saturated heterocycles. The van der Waals surface area contributed by atoms with Gasteiger partial charge in [0.1, 0.15) is 5.76 Å². The van der Waals surface area contributed by atoms with Gasteiger partial charge in [-0.25, -0.2) is 0 Å². The Morgan fingerprint density at radius 1 is 1.62 bits per heavy atom. The zero-order chi connectivity index (χ0) is 9.84. The molecule has 0 unspecified atom stereocenters. The van der Waals surface area contributed by atoms with E-state index in [0.29, 0.717) is 30.7 Å². The molecule has 0 aromatic carbocycles. The number of aliphatic hydroxyl groups excluding tert-OH is 1. The quantitative estimate of drug-likeness (QED) is 0.642. The Hall–Kier alpha value is -1.51. The van der Waals surface area contributed by atoms with E-state index in [0.717, 1.165) is 0 Å². The number of carbonyl (C=O) groups excluding carboxylic acids is 1. The van der Waals surface area contributed by atoms with Crippen molar-refractivity contribution in [1.82, 2.24) is 5.32 Å². The van der Waals surface area contributed by atoms with Gasteiger partial charge in [0.15, 0.2) is 5.78 Å². The van der Waals surface area contributed by atoms with Gasteiger partial charge < -0.3 is 10.4 Å². The van der Waals surface area contributed by atoms with Crippen molar-refractivity contribution < 1.29 is 9.90 Å². The fraction of sp³-hybridized carbons (Fsp3) is 0.300. The molecular formula is C10H13NO2. The average molecular weight is 179 g/mol. The Labute approximate surface area is 77.5 Å². The van der Waals surface area contributed by atoms with Crippen LogP contribution in [0.2, 0.25) is 0 Å². The summed E-state index contributed by atoms with van der Waals surface area (Å²) < 4.78 is 0. The van der Waals surface area contributed by atoms with Crippen LogP contribution < -0.4 is 5.32 Å². The average Bonchev–Trinajstić information content (AvgIpc) is 2.42. The third-order valence-corrected chi connectivity index (χ3v) is 1.92. The molecule has 2 N–H and O–H groups in total. The number of hydrogen-bond donors (Lipinski definition) is 2. The van der Waals surface area contributed by atoms with Crippen LogP contribution >= 0.6 is 0 Å². The summed E-state index contributed by atoms with van der Waals surface area (Å²) in [5, 5.41) is 12.2. The second-order valence-corrected chi connectivity index (χ2v) is 2.89. The lowest BCUT2D eigenvalue weighted by Gasteiger charge is -2.07. The first-order valence-corrected chi connectivity index (χ1v) is 4.16. The molecule has 0 saturated carbocycles. The van der Waals surface area contributed by atoms with E-state index in [1.165, 1.54) is 0 Å². The zero-order valence-corrected chi connectivity index (χ0v) is 7.47. The maximum atomic E-state index is 11.2. The van der Waals surface area contributed by atoms with E-state index in [9.17, 15) is 9.90 Å². The Kier molecular flexibility index (Phi) is 2.90. The molecule has 0 amide bonds. The molecule has 0 radical (unpaired) electrons. The number of allylic oxidation sites excluding steroid dienone is 2. The van der Waals surface area contributed by atoms with Gasteiger partial charge in [0.05, 0.1) is 5.57 Å². The van der Waals surface area contributed by atoms with Gasteiger partial charge >= 0.3 is 0 Å². The summed E-state index contributed by atoms with van der Waals surface area (Å²) in [7, 11) is 0. The van der Waals surface area contributed by atoms with Crippen LogP contribution in [-0.2, 0) is 4.79 Å². The van der Waals surface area contributed by atoms with Crippen LogP contribution in [0.15, 0.2) is 36.3 Å². The second kappa shape index (κ2) is 3.94. The highest BCUT2D eigenvalue weighted by Crippen LogP contribution is 2.24. The van der Waals surface area contributed by atoms with Crippen molar-refractivity contribution >= 4 is 5.78 Å². The van der Waals surface area contributed by atoms with Gasteiger partial charge in [-0.1, -0.05) is 12.7 Å². The normalized spacial score (nSPS) is 16.2. The summed E-state index contributed by atoms with van der Waals surface area (Å²) in [5.41, 5.74) is 0.835. The van der Waals surface area contributed by atoms with Crippen LogP contribution in [0, 0.1) is 0 Å². The van der Waals surface area contributed by atoms with Crippen molar-refractivity contribution in [3.63, 3.8) is 0 Å². The number of Topliss-reactive ketones (excluding diaryl/α,β-unsaturated/α-hetero) is 1. The van der Waals surface area contributed by atoms with Crippen LogP contribution in [-0.4, -0.2) is 17.4 Å². The second-order valence-electron chi connectivity index (χ2n) is 2.89. The lowest BCUT2D eigenvalue weighted by atomic mass is 10.1. The summed E-state index contributed by atoms with van der Waals surface area (Å²) in [6.45, 7) is 7.75. The van der Waals surface area contributed by atoms with Crippen molar-refractivity contribution in [3.05, 3.63) is 36.3 Å². The van der Waals surface area contributed by atoms with Gasteiger partial charge in [0.2, 0.25) is 0 Å². The third kappa shape index (κ3) is 1.99. The molecule has 0 aromatic rings. The molecule has 0 aromatic heterocycles. The van der Waals surface area contributed by atoms with E-state index in [2.05, 4.69) is 18.5 Å². The standard InChI is InChI=1S/C10H13NO2/c1-3-6-11-7(2)10-8(12)4-5-9(10)13/h3,11-12H,1-2,4-6H2. The highest BCUT2D eigenvalue weighted by atomic mass is 16.3. The number of ketones is 1. The Morgan fingerprint density at radius 3 is 2.77 bits per heavy atom. The first kappa shape index (κ1) is 9.58. The molecule has 13 heavy (non-hydrogen) atoms. The molecule has 1 aliphatic carbocycles. The molecule has 0 spiro atoms. The van der Waals surface area contributed by atoms with Crippen molar-refractivity contribution in [3.8, 4) is 0 Å². The first-order chi connectivity index (χ1) is 6.16.